The number of nitrogens with one attached hydrogen (secondary N) is 1. The molecule has 0 saturated carbocycles. The topological polar surface area (TPSA) is 101 Å². The van der Waals surface area contributed by atoms with Gasteiger partial charge in [-0.05, 0) is 34.7 Å². The Hall–Kier alpha value is -3.74. The number of ether oxygens (including phenoxy) is 1. The Labute approximate surface area is 173 Å². The number of carboxylic acids is 1. The lowest BCUT2D eigenvalue weighted by Gasteiger charge is -2.17. The number of carbonyl (C=O) groups excluding carboxylic acids is 1. The number of benzene rings is 2. The number of hydrogen-bond donors (Lipinski definition) is 2. The Balaban J connectivity index is 1.43. The molecule has 0 saturated heterocycles. The van der Waals surface area contributed by atoms with E-state index in [2.05, 4.69) is 27.4 Å². The number of amides is 1. The molecule has 7 heteroatoms. The molecule has 1 heterocycles. The fraction of sp³-hybridized carbons (Fsp3) is 0.217. The number of alkyl carbamates (subject to hydrolysis) is 1. The van der Waals surface area contributed by atoms with E-state index >= 15 is 0 Å². The zero-order chi connectivity index (χ0) is 21.1. The largest absolute Gasteiger partial charge is 0.480 e. The summed E-state index contributed by atoms with van der Waals surface area (Å²) in [5.41, 5.74) is 5.31. The number of nitrogens with zero attached hydrogens (tertiary/aromatic N) is 2. The Morgan fingerprint density at radius 2 is 1.60 bits per heavy atom. The highest BCUT2D eigenvalue weighted by Gasteiger charge is 2.30. The molecule has 30 heavy (non-hydrogen) atoms. The number of hydrogen-bond acceptors (Lipinski definition) is 5. The Kier molecular flexibility index (Phi) is 5.43. The predicted octanol–water partition coefficient (Wildman–Crippen LogP) is 3.32. The van der Waals surface area contributed by atoms with Crippen LogP contribution in [-0.4, -0.2) is 39.8 Å². The Morgan fingerprint density at radius 1 is 1.03 bits per heavy atom. The maximum absolute atomic E-state index is 12.3. The highest BCUT2D eigenvalue weighted by atomic mass is 16.5. The number of fused-ring (bicyclic) bond motifs is 3. The highest BCUT2D eigenvalue weighted by molar-refractivity contribution is 5.81. The SMILES string of the molecule is Cc1cnc(CC(NC(=O)OCC2c3ccccc3-c3ccccc32)C(=O)O)nc1. The zero-order valence-electron chi connectivity index (χ0n) is 16.4. The number of carbonyl (C=O) groups is 2. The number of aryl methyl sites for hydroxylation is 1. The van der Waals surface area contributed by atoms with Gasteiger partial charge in [-0.25, -0.2) is 19.6 Å². The molecule has 152 valence electrons. The van der Waals surface area contributed by atoms with Gasteiger partial charge in [0, 0.05) is 24.7 Å². The standard InChI is InChI=1S/C23H21N3O4/c1-14-11-24-21(25-12-14)10-20(22(27)28)26-23(29)30-13-19-17-8-4-2-6-15(17)16-7-3-5-9-18(16)19/h2-9,11-12,19-20H,10,13H2,1H3,(H,26,29)(H,27,28). The third-order valence-corrected chi connectivity index (χ3v) is 5.15. The van der Waals surface area contributed by atoms with Crippen LogP contribution in [0.25, 0.3) is 11.1 Å². The van der Waals surface area contributed by atoms with Gasteiger partial charge in [-0.3, -0.25) is 0 Å². The average molecular weight is 403 g/mol. The van der Waals surface area contributed by atoms with E-state index < -0.39 is 18.1 Å². The molecule has 0 spiro atoms. The van der Waals surface area contributed by atoms with Crippen LogP contribution in [0.1, 0.15) is 28.4 Å². The second-order valence-corrected chi connectivity index (χ2v) is 7.24. The molecule has 1 aromatic heterocycles. The van der Waals surface area contributed by atoms with E-state index in [-0.39, 0.29) is 18.9 Å². The summed E-state index contributed by atoms with van der Waals surface area (Å²) in [7, 11) is 0. The number of aliphatic carboxylic acids is 1. The van der Waals surface area contributed by atoms with Crippen LogP contribution >= 0.6 is 0 Å². The van der Waals surface area contributed by atoms with Crippen molar-refractivity contribution in [3.8, 4) is 11.1 Å². The van der Waals surface area contributed by atoms with E-state index in [0.717, 1.165) is 27.8 Å². The molecule has 0 aliphatic heterocycles. The molecule has 1 aliphatic rings. The van der Waals surface area contributed by atoms with Crippen molar-refractivity contribution in [2.75, 3.05) is 6.61 Å². The third kappa shape index (κ3) is 4.00. The van der Waals surface area contributed by atoms with Crippen LogP contribution in [0.2, 0.25) is 0 Å². The third-order valence-electron chi connectivity index (χ3n) is 5.15. The molecular formula is C23H21N3O4. The van der Waals surface area contributed by atoms with Gasteiger partial charge in [-0.15, -0.1) is 0 Å². The van der Waals surface area contributed by atoms with Crippen LogP contribution in [0.4, 0.5) is 4.79 Å². The van der Waals surface area contributed by atoms with Crippen molar-refractivity contribution in [1.29, 1.82) is 0 Å². The second-order valence-electron chi connectivity index (χ2n) is 7.24. The summed E-state index contributed by atoms with van der Waals surface area (Å²) in [5, 5.41) is 11.9. The van der Waals surface area contributed by atoms with E-state index in [1.165, 1.54) is 0 Å². The van der Waals surface area contributed by atoms with Gasteiger partial charge in [0.1, 0.15) is 18.5 Å². The van der Waals surface area contributed by atoms with Gasteiger partial charge in [0.25, 0.3) is 0 Å². The van der Waals surface area contributed by atoms with Gasteiger partial charge < -0.3 is 15.2 Å². The van der Waals surface area contributed by atoms with E-state index in [9.17, 15) is 14.7 Å². The first-order chi connectivity index (χ1) is 14.5. The lowest BCUT2D eigenvalue weighted by atomic mass is 9.98. The molecule has 2 aromatic carbocycles. The zero-order valence-corrected chi connectivity index (χ0v) is 16.4. The quantitative estimate of drug-likeness (QED) is 0.655. The monoisotopic (exact) mass is 403 g/mol. The molecular weight excluding hydrogens is 382 g/mol. The highest BCUT2D eigenvalue weighted by Crippen LogP contribution is 2.44. The fourth-order valence-corrected chi connectivity index (χ4v) is 3.69. The van der Waals surface area contributed by atoms with Gasteiger partial charge in [-0.2, -0.15) is 0 Å². The summed E-state index contributed by atoms with van der Waals surface area (Å²) >= 11 is 0. The van der Waals surface area contributed by atoms with Gasteiger partial charge in [-0.1, -0.05) is 48.5 Å². The summed E-state index contributed by atoms with van der Waals surface area (Å²) in [6, 6.07) is 14.9. The van der Waals surface area contributed by atoms with Gasteiger partial charge in [0.2, 0.25) is 0 Å². The van der Waals surface area contributed by atoms with Crippen LogP contribution in [0.5, 0.6) is 0 Å². The van der Waals surface area contributed by atoms with Crippen molar-refractivity contribution in [2.45, 2.75) is 25.3 Å². The minimum atomic E-state index is -1.18. The minimum Gasteiger partial charge on any atom is -0.480 e. The molecule has 4 rings (SSSR count). The minimum absolute atomic E-state index is 0.0280. The van der Waals surface area contributed by atoms with Crippen molar-refractivity contribution in [1.82, 2.24) is 15.3 Å². The molecule has 3 aromatic rings. The molecule has 0 bridgehead atoms. The Morgan fingerprint density at radius 3 is 2.17 bits per heavy atom. The summed E-state index contributed by atoms with van der Waals surface area (Å²) in [5.74, 6) is -0.925. The van der Waals surface area contributed by atoms with E-state index in [4.69, 9.17) is 4.74 Å². The molecule has 0 fully saturated rings. The first kappa shape index (κ1) is 19.6. The molecule has 7 nitrogen and oxygen atoms in total. The summed E-state index contributed by atoms with van der Waals surface area (Å²) < 4.78 is 5.42. The maximum Gasteiger partial charge on any atom is 0.407 e. The van der Waals surface area contributed by atoms with Crippen LogP contribution in [-0.2, 0) is 16.0 Å². The number of carboxylic acid groups (broad SMARTS) is 1. The van der Waals surface area contributed by atoms with E-state index in [1.54, 1.807) is 12.4 Å². The summed E-state index contributed by atoms with van der Waals surface area (Å²) in [6.45, 7) is 1.96. The van der Waals surface area contributed by atoms with Crippen molar-refractivity contribution in [2.24, 2.45) is 0 Å². The van der Waals surface area contributed by atoms with Crippen LogP contribution in [0, 0.1) is 6.92 Å². The fourth-order valence-electron chi connectivity index (χ4n) is 3.69. The predicted molar refractivity (Wildman–Crippen MR) is 110 cm³/mol. The van der Waals surface area contributed by atoms with Crippen molar-refractivity contribution >= 4 is 12.1 Å². The lowest BCUT2D eigenvalue weighted by molar-refractivity contribution is -0.139. The maximum atomic E-state index is 12.3. The van der Waals surface area contributed by atoms with Gasteiger partial charge in [0.15, 0.2) is 0 Å². The van der Waals surface area contributed by atoms with Crippen LogP contribution in [0.3, 0.4) is 0 Å². The molecule has 0 radical (unpaired) electrons. The van der Waals surface area contributed by atoms with E-state index in [1.807, 2.05) is 43.3 Å². The van der Waals surface area contributed by atoms with Crippen molar-refractivity contribution in [3.05, 3.63) is 83.4 Å². The van der Waals surface area contributed by atoms with Crippen LogP contribution < -0.4 is 5.32 Å². The molecule has 1 amide bonds. The summed E-state index contributed by atoms with van der Waals surface area (Å²) in [6.07, 6.45) is 2.40. The smallest absolute Gasteiger partial charge is 0.407 e. The van der Waals surface area contributed by atoms with Crippen molar-refractivity contribution < 1.29 is 19.4 Å². The molecule has 1 aliphatic carbocycles. The Bertz CT molecular complexity index is 1040. The number of rotatable bonds is 6. The van der Waals surface area contributed by atoms with Crippen LogP contribution in [0.15, 0.2) is 60.9 Å². The molecule has 2 N–H and O–H groups in total. The first-order valence-corrected chi connectivity index (χ1v) is 9.65. The summed E-state index contributed by atoms with van der Waals surface area (Å²) in [4.78, 5) is 32.1. The molecule has 1 atom stereocenters. The van der Waals surface area contributed by atoms with E-state index in [0.29, 0.717) is 5.82 Å². The van der Waals surface area contributed by atoms with Crippen molar-refractivity contribution in [3.63, 3.8) is 0 Å². The van der Waals surface area contributed by atoms with Gasteiger partial charge >= 0.3 is 12.1 Å². The first-order valence-electron chi connectivity index (χ1n) is 9.65. The van der Waals surface area contributed by atoms with Gasteiger partial charge in [0.05, 0.1) is 0 Å². The lowest BCUT2D eigenvalue weighted by Crippen LogP contribution is -2.43. The number of aromatic nitrogens is 2. The second kappa shape index (κ2) is 8.32. The molecule has 1 unspecified atom stereocenters. The normalized spacial score (nSPS) is 13.2. The average Bonchev–Trinajstić information content (AvgIpc) is 3.07.